The summed E-state index contributed by atoms with van der Waals surface area (Å²) in [5.74, 6) is -1.12. The standard InChI is InChI=1S/C27H30N2O6/c1-34-23(24(30)29-15-17-10-12-27(29,13-11-17)25(31)32)14-28-26(33)35-16-22-20-8-4-2-6-18(20)19-7-3-5-9-21(19)22/h2-9,17,22-23H,10-16H2,1H3,(H,28,33)(H,31,32). The molecule has 1 saturated carbocycles. The Morgan fingerprint density at radius 1 is 1.06 bits per heavy atom. The Morgan fingerprint density at radius 3 is 2.23 bits per heavy atom. The van der Waals surface area contributed by atoms with E-state index in [2.05, 4.69) is 17.4 Å². The number of nitrogens with zero attached hydrogens (tertiary/aromatic N) is 1. The topological polar surface area (TPSA) is 105 Å². The van der Waals surface area contributed by atoms with Gasteiger partial charge < -0.3 is 24.8 Å². The van der Waals surface area contributed by atoms with Gasteiger partial charge in [0.2, 0.25) is 0 Å². The molecule has 0 spiro atoms. The summed E-state index contributed by atoms with van der Waals surface area (Å²) in [6, 6.07) is 16.2. The number of ether oxygens (including phenoxy) is 2. The monoisotopic (exact) mass is 478 g/mol. The molecular weight excluding hydrogens is 448 g/mol. The number of rotatable bonds is 7. The van der Waals surface area contributed by atoms with Gasteiger partial charge in [-0.15, -0.1) is 0 Å². The summed E-state index contributed by atoms with van der Waals surface area (Å²) in [6.45, 7) is 0.486. The van der Waals surface area contributed by atoms with Crippen LogP contribution in [0.3, 0.4) is 0 Å². The zero-order valence-corrected chi connectivity index (χ0v) is 19.7. The number of benzene rings is 2. The molecule has 8 nitrogen and oxygen atoms in total. The normalized spacial score (nSPS) is 23.3. The number of alkyl carbamates (subject to hydrolysis) is 1. The van der Waals surface area contributed by atoms with E-state index >= 15 is 0 Å². The molecule has 2 bridgehead atoms. The molecule has 0 radical (unpaired) electrons. The third kappa shape index (κ3) is 4.05. The van der Waals surface area contributed by atoms with E-state index in [1.807, 2.05) is 36.4 Å². The Hall–Kier alpha value is -3.39. The number of amides is 2. The maximum Gasteiger partial charge on any atom is 0.407 e. The molecule has 8 heteroatoms. The highest BCUT2D eigenvalue weighted by atomic mass is 16.5. The van der Waals surface area contributed by atoms with Crippen molar-refractivity contribution in [1.29, 1.82) is 0 Å². The Labute approximate surface area is 204 Å². The number of hydrogen-bond acceptors (Lipinski definition) is 5. The highest BCUT2D eigenvalue weighted by Gasteiger charge is 2.54. The Balaban J connectivity index is 1.20. The summed E-state index contributed by atoms with van der Waals surface area (Å²) < 4.78 is 10.9. The minimum atomic E-state index is -1.17. The van der Waals surface area contributed by atoms with Crippen LogP contribution in [0.1, 0.15) is 42.7 Å². The van der Waals surface area contributed by atoms with Gasteiger partial charge in [0.05, 0.1) is 6.54 Å². The molecule has 2 aliphatic heterocycles. The molecule has 6 rings (SSSR count). The smallest absolute Gasteiger partial charge is 0.407 e. The van der Waals surface area contributed by atoms with E-state index in [1.54, 1.807) is 0 Å². The van der Waals surface area contributed by atoms with E-state index in [4.69, 9.17) is 9.47 Å². The number of nitrogens with one attached hydrogen (secondary N) is 1. The van der Waals surface area contributed by atoms with Crippen LogP contribution in [0.5, 0.6) is 0 Å². The molecule has 3 fully saturated rings. The van der Waals surface area contributed by atoms with Gasteiger partial charge in [-0.25, -0.2) is 9.59 Å². The second kappa shape index (κ2) is 9.34. The van der Waals surface area contributed by atoms with Crippen LogP contribution in [0, 0.1) is 5.92 Å². The highest BCUT2D eigenvalue weighted by Crippen LogP contribution is 2.45. The molecule has 184 valence electrons. The van der Waals surface area contributed by atoms with Crippen LogP contribution in [0.25, 0.3) is 11.1 Å². The molecule has 4 aliphatic rings. The number of piperidine rings is 2. The maximum atomic E-state index is 13.2. The summed E-state index contributed by atoms with van der Waals surface area (Å²) in [6.07, 6.45) is 0.905. The lowest BCUT2D eigenvalue weighted by molar-refractivity contribution is -0.175. The first-order chi connectivity index (χ1) is 16.9. The van der Waals surface area contributed by atoms with Crippen molar-refractivity contribution in [2.45, 2.75) is 43.2 Å². The highest BCUT2D eigenvalue weighted by molar-refractivity contribution is 5.90. The lowest BCUT2D eigenvalue weighted by Crippen LogP contribution is -2.66. The Bertz CT molecular complexity index is 1090. The fraction of sp³-hybridized carbons (Fsp3) is 0.444. The quantitative estimate of drug-likeness (QED) is 0.632. The van der Waals surface area contributed by atoms with Crippen molar-refractivity contribution < 1.29 is 29.0 Å². The second-order valence-corrected chi connectivity index (χ2v) is 9.66. The summed E-state index contributed by atoms with van der Waals surface area (Å²) in [7, 11) is 1.39. The molecule has 1 atom stereocenters. The fourth-order valence-electron chi connectivity index (χ4n) is 5.94. The third-order valence-corrected chi connectivity index (χ3v) is 7.89. The van der Waals surface area contributed by atoms with Crippen LogP contribution in [0.2, 0.25) is 0 Å². The van der Waals surface area contributed by atoms with Gasteiger partial charge in [0.1, 0.15) is 12.1 Å². The predicted molar refractivity (Wildman–Crippen MR) is 128 cm³/mol. The minimum absolute atomic E-state index is 0.0627. The number of methoxy groups -OCH3 is 1. The molecule has 2 saturated heterocycles. The van der Waals surface area contributed by atoms with Crippen LogP contribution in [0.4, 0.5) is 4.79 Å². The van der Waals surface area contributed by atoms with Gasteiger partial charge in [0.25, 0.3) is 5.91 Å². The number of carbonyl (C=O) groups is 3. The summed E-state index contributed by atoms with van der Waals surface area (Å²) >= 11 is 0. The number of carbonyl (C=O) groups excluding carboxylic acids is 2. The van der Waals surface area contributed by atoms with Crippen molar-refractivity contribution in [2.75, 3.05) is 26.8 Å². The summed E-state index contributed by atoms with van der Waals surface area (Å²) in [4.78, 5) is 39.3. The van der Waals surface area contributed by atoms with Crippen LogP contribution in [0.15, 0.2) is 48.5 Å². The predicted octanol–water partition coefficient (Wildman–Crippen LogP) is 3.40. The molecule has 2 heterocycles. The molecular formula is C27H30N2O6. The molecule has 0 aromatic heterocycles. The number of hydrogen-bond donors (Lipinski definition) is 2. The van der Waals surface area contributed by atoms with Crippen molar-refractivity contribution >= 4 is 18.0 Å². The van der Waals surface area contributed by atoms with Crippen LogP contribution < -0.4 is 5.32 Å². The number of aliphatic carboxylic acids is 1. The number of carboxylic acids is 1. The van der Waals surface area contributed by atoms with Crippen molar-refractivity contribution in [3.8, 4) is 11.1 Å². The van der Waals surface area contributed by atoms with E-state index in [0.717, 1.165) is 35.1 Å². The third-order valence-electron chi connectivity index (χ3n) is 7.89. The van der Waals surface area contributed by atoms with Crippen molar-refractivity contribution in [2.24, 2.45) is 5.92 Å². The molecule has 1 unspecified atom stereocenters. The lowest BCUT2D eigenvalue weighted by Gasteiger charge is -2.52. The first-order valence-corrected chi connectivity index (χ1v) is 12.1. The van der Waals surface area contributed by atoms with Crippen molar-refractivity contribution in [1.82, 2.24) is 10.2 Å². The molecule has 2 N–H and O–H groups in total. The van der Waals surface area contributed by atoms with Crippen molar-refractivity contribution in [3.05, 3.63) is 59.7 Å². The summed E-state index contributed by atoms with van der Waals surface area (Å²) in [5.41, 5.74) is 3.35. The first-order valence-electron chi connectivity index (χ1n) is 12.1. The van der Waals surface area contributed by atoms with Gasteiger partial charge in [-0.05, 0) is 53.9 Å². The fourth-order valence-corrected chi connectivity index (χ4v) is 5.94. The van der Waals surface area contributed by atoms with Crippen LogP contribution >= 0.6 is 0 Å². The Kier molecular flexibility index (Phi) is 6.23. The Morgan fingerprint density at radius 2 is 1.66 bits per heavy atom. The van der Waals surface area contributed by atoms with Gasteiger partial charge in [-0.1, -0.05) is 48.5 Å². The SMILES string of the molecule is COC(CNC(=O)OCC1c2ccccc2-c2ccccc21)C(=O)N1CC2CCC1(C(=O)O)CC2. The average Bonchev–Trinajstić information content (AvgIpc) is 3.22. The van der Waals surface area contributed by atoms with Crippen LogP contribution in [-0.2, 0) is 19.1 Å². The summed E-state index contributed by atoms with van der Waals surface area (Å²) in [5, 5.41) is 12.5. The molecule has 35 heavy (non-hydrogen) atoms. The van der Waals surface area contributed by atoms with E-state index in [0.29, 0.717) is 25.3 Å². The van der Waals surface area contributed by atoms with Gasteiger partial charge in [-0.2, -0.15) is 0 Å². The zero-order valence-electron chi connectivity index (χ0n) is 19.7. The number of carboxylic acid groups (broad SMARTS) is 1. The second-order valence-electron chi connectivity index (χ2n) is 9.66. The maximum absolute atomic E-state index is 13.2. The van der Waals surface area contributed by atoms with E-state index in [1.165, 1.54) is 12.0 Å². The van der Waals surface area contributed by atoms with Gasteiger partial charge in [0, 0.05) is 19.6 Å². The van der Waals surface area contributed by atoms with E-state index in [9.17, 15) is 19.5 Å². The lowest BCUT2D eigenvalue weighted by atomic mass is 9.70. The van der Waals surface area contributed by atoms with E-state index in [-0.39, 0.29) is 19.1 Å². The van der Waals surface area contributed by atoms with Gasteiger partial charge in [-0.3, -0.25) is 4.79 Å². The molecule has 2 aliphatic carbocycles. The number of fused-ring (bicyclic) bond motifs is 6. The average molecular weight is 479 g/mol. The minimum Gasteiger partial charge on any atom is -0.479 e. The largest absolute Gasteiger partial charge is 0.479 e. The zero-order chi connectivity index (χ0) is 24.6. The molecule has 2 aromatic rings. The first kappa shape index (κ1) is 23.4. The molecule has 2 aromatic carbocycles. The van der Waals surface area contributed by atoms with E-state index < -0.39 is 29.6 Å². The van der Waals surface area contributed by atoms with Crippen molar-refractivity contribution in [3.63, 3.8) is 0 Å². The molecule has 2 amide bonds. The van der Waals surface area contributed by atoms with Gasteiger partial charge >= 0.3 is 12.1 Å². The van der Waals surface area contributed by atoms with Gasteiger partial charge in [0.15, 0.2) is 6.10 Å². The van der Waals surface area contributed by atoms with Crippen LogP contribution in [-0.4, -0.2) is 66.4 Å².